The average molecular weight is 516 g/mol. The Morgan fingerprint density at radius 1 is 1.03 bits per heavy atom. The molecule has 1 atom stereocenters. The molecule has 4 nitrogen and oxygen atoms in total. The summed E-state index contributed by atoms with van der Waals surface area (Å²) in [5, 5.41) is 9.57. The van der Waals surface area contributed by atoms with E-state index >= 15 is 0 Å². The molecule has 0 aliphatic heterocycles. The lowest BCUT2D eigenvalue weighted by molar-refractivity contribution is -0.137. The molecule has 0 bridgehead atoms. The first-order chi connectivity index (χ1) is 15.6. The fourth-order valence-electron chi connectivity index (χ4n) is 3.85. The van der Waals surface area contributed by atoms with Crippen molar-refractivity contribution in [2.75, 3.05) is 5.73 Å². The third-order valence-electron chi connectivity index (χ3n) is 5.55. The Kier molecular flexibility index (Phi) is 6.30. The van der Waals surface area contributed by atoms with Gasteiger partial charge < -0.3 is 10.5 Å². The number of benzene rings is 3. The lowest BCUT2D eigenvalue weighted by Gasteiger charge is -2.20. The number of ether oxygens (including phenoxy) is 1. The van der Waals surface area contributed by atoms with Gasteiger partial charge in [-0.3, -0.25) is 0 Å². The van der Waals surface area contributed by atoms with Crippen LogP contribution in [0.3, 0.4) is 0 Å². The van der Waals surface area contributed by atoms with E-state index in [-0.39, 0.29) is 18.2 Å². The number of nitrogens with two attached hydrogens (primary N) is 1. The van der Waals surface area contributed by atoms with Gasteiger partial charge in [0.25, 0.3) is 0 Å². The third-order valence-corrected chi connectivity index (χ3v) is 6.01. The number of hydrogen-bond donors (Lipinski definition) is 1. The molecule has 4 aromatic rings. The largest absolute Gasteiger partial charge is 0.489 e. The zero-order valence-corrected chi connectivity index (χ0v) is 19.5. The Hall–Kier alpha value is -3.13. The molecule has 4 rings (SSSR count). The summed E-state index contributed by atoms with van der Waals surface area (Å²) in [6.07, 6.45) is -4.51. The number of aromatic nitrogens is 2. The van der Waals surface area contributed by atoms with Crippen molar-refractivity contribution in [2.24, 2.45) is 0 Å². The summed E-state index contributed by atoms with van der Waals surface area (Å²) in [6, 6.07) is 16.9. The van der Waals surface area contributed by atoms with Crippen molar-refractivity contribution >= 4 is 32.5 Å². The van der Waals surface area contributed by atoms with Gasteiger partial charge in [0.05, 0.1) is 11.3 Å². The van der Waals surface area contributed by atoms with E-state index in [0.717, 1.165) is 27.1 Å². The van der Waals surface area contributed by atoms with Gasteiger partial charge in [-0.25, -0.2) is 0 Å². The first-order valence-corrected chi connectivity index (χ1v) is 11.0. The molecule has 1 aromatic heterocycles. The fourth-order valence-corrected chi connectivity index (χ4v) is 4.32. The highest BCUT2D eigenvalue weighted by molar-refractivity contribution is 9.10. The molecule has 8 heteroatoms. The van der Waals surface area contributed by atoms with Crippen molar-refractivity contribution in [1.82, 2.24) is 10.2 Å². The third kappa shape index (κ3) is 4.95. The van der Waals surface area contributed by atoms with Crippen LogP contribution >= 0.6 is 15.9 Å². The number of fused-ring (bicyclic) bond motifs is 1. The molecular formula is C25H21BrF3N3O. The smallest absolute Gasteiger partial charge is 0.416 e. The zero-order chi connectivity index (χ0) is 23.8. The first-order valence-electron chi connectivity index (χ1n) is 10.2. The molecule has 0 saturated heterocycles. The highest BCUT2D eigenvalue weighted by atomic mass is 79.9. The molecule has 0 aliphatic rings. The SMILES string of the molecule is Cc1nnc(N)c2cc(Br)cc(C(C)c3cc(OCc4ccccc4)cc(C(F)(F)F)c3)c12. The Labute approximate surface area is 197 Å². The van der Waals surface area contributed by atoms with Gasteiger partial charge in [0, 0.05) is 21.2 Å². The summed E-state index contributed by atoms with van der Waals surface area (Å²) in [5.41, 5.74) is 8.07. The van der Waals surface area contributed by atoms with Gasteiger partial charge in [0.2, 0.25) is 0 Å². The van der Waals surface area contributed by atoms with Crippen LogP contribution in [0, 0.1) is 6.92 Å². The highest BCUT2D eigenvalue weighted by Crippen LogP contribution is 2.39. The first kappa shape index (κ1) is 23.0. The summed E-state index contributed by atoms with van der Waals surface area (Å²) in [6.45, 7) is 3.83. The molecule has 2 N–H and O–H groups in total. The van der Waals surface area contributed by atoms with E-state index < -0.39 is 17.7 Å². The molecule has 1 unspecified atom stereocenters. The molecule has 1 heterocycles. The van der Waals surface area contributed by atoms with E-state index in [0.29, 0.717) is 16.6 Å². The maximum atomic E-state index is 13.7. The van der Waals surface area contributed by atoms with Crippen LogP contribution < -0.4 is 10.5 Å². The minimum atomic E-state index is -4.51. The Balaban J connectivity index is 1.80. The number of alkyl halides is 3. The van der Waals surface area contributed by atoms with Crippen molar-refractivity contribution in [3.05, 3.63) is 93.1 Å². The lowest BCUT2D eigenvalue weighted by Crippen LogP contribution is -2.09. The van der Waals surface area contributed by atoms with Crippen LogP contribution in [0.25, 0.3) is 10.8 Å². The van der Waals surface area contributed by atoms with Crippen LogP contribution in [0.15, 0.2) is 65.1 Å². The van der Waals surface area contributed by atoms with Gasteiger partial charge in [0.15, 0.2) is 5.82 Å². The number of rotatable bonds is 5. The van der Waals surface area contributed by atoms with E-state index in [1.54, 1.807) is 13.0 Å². The molecule has 3 aromatic carbocycles. The summed E-state index contributed by atoms with van der Waals surface area (Å²) in [4.78, 5) is 0. The predicted octanol–water partition coefficient (Wildman–Crippen LogP) is 7.03. The van der Waals surface area contributed by atoms with Gasteiger partial charge in [0.1, 0.15) is 12.4 Å². The second kappa shape index (κ2) is 9.02. The fraction of sp³-hybridized carbons (Fsp3) is 0.200. The van der Waals surface area contributed by atoms with E-state index in [9.17, 15) is 13.2 Å². The van der Waals surface area contributed by atoms with E-state index in [4.69, 9.17) is 10.5 Å². The number of halogens is 4. The van der Waals surface area contributed by atoms with Gasteiger partial charge in [-0.2, -0.15) is 18.3 Å². The Morgan fingerprint density at radius 3 is 2.45 bits per heavy atom. The van der Waals surface area contributed by atoms with Crippen molar-refractivity contribution in [3.63, 3.8) is 0 Å². The minimum Gasteiger partial charge on any atom is -0.489 e. The summed E-state index contributed by atoms with van der Waals surface area (Å²) in [7, 11) is 0. The predicted molar refractivity (Wildman–Crippen MR) is 126 cm³/mol. The van der Waals surface area contributed by atoms with Crippen molar-refractivity contribution < 1.29 is 17.9 Å². The van der Waals surface area contributed by atoms with Gasteiger partial charge in [-0.15, -0.1) is 5.10 Å². The average Bonchev–Trinajstić information content (AvgIpc) is 2.79. The zero-order valence-electron chi connectivity index (χ0n) is 17.9. The quantitative estimate of drug-likeness (QED) is 0.309. The highest BCUT2D eigenvalue weighted by Gasteiger charge is 2.32. The van der Waals surface area contributed by atoms with E-state index in [1.165, 1.54) is 6.07 Å². The van der Waals surface area contributed by atoms with E-state index in [2.05, 4.69) is 26.1 Å². The number of nitrogen functional groups attached to an aromatic ring is 1. The number of aryl methyl sites for hydroxylation is 1. The van der Waals surface area contributed by atoms with Crippen LogP contribution in [-0.2, 0) is 12.8 Å². The van der Waals surface area contributed by atoms with Gasteiger partial charge in [-0.05, 0) is 53.9 Å². The van der Waals surface area contributed by atoms with Crippen LogP contribution in [0.4, 0.5) is 19.0 Å². The van der Waals surface area contributed by atoms with Crippen LogP contribution in [0.5, 0.6) is 5.75 Å². The van der Waals surface area contributed by atoms with Crippen molar-refractivity contribution in [2.45, 2.75) is 32.5 Å². The maximum Gasteiger partial charge on any atom is 0.416 e. The molecule has 0 radical (unpaired) electrons. The number of nitrogens with zero attached hydrogens (tertiary/aromatic N) is 2. The molecule has 0 spiro atoms. The second-order valence-electron chi connectivity index (χ2n) is 7.87. The molecule has 33 heavy (non-hydrogen) atoms. The topological polar surface area (TPSA) is 61.0 Å². The standard InChI is InChI=1S/C25H21BrF3N3O/c1-14(21-11-19(26)12-22-23(21)15(2)31-32-24(22)30)17-8-18(25(27,28)29)10-20(9-17)33-13-16-6-4-3-5-7-16/h3-12,14H,13H2,1-2H3,(H2,30,32). The van der Waals surface area contributed by atoms with Gasteiger partial charge >= 0.3 is 6.18 Å². The summed E-state index contributed by atoms with van der Waals surface area (Å²) in [5.74, 6) is 0.0285. The number of hydrogen-bond acceptors (Lipinski definition) is 4. The molecule has 0 saturated carbocycles. The monoisotopic (exact) mass is 515 g/mol. The molecule has 0 fully saturated rings. The molecule has 0 aliphatic carbocycles. The van der Waals surface area contributed by atoms with Crippen LogP contribution in [-0.4, -0.2) is 10.2 Å². The lowest BCUT2D eigenvalue weighted by atomic mass is 9.88. The Morgan fingerprint density at radius 2 is 1.76 bits per heavy atom. The molecular weight excluding hydrogens is 495 g/mol. The number of anilines is 1. The maximum absolute atomic E-state index is 13.7. The normalized spacial score (nSPS) is 12.7. The summed E-state index contributed by atoms with van der Waals surface area (Å²) < 4.78 is 47.7. The Bertz CT molecular complexity index is 1310. The molecule has 170 valence electrons. The summed E-state index contributed by atoms with van der Waals surface area (Å²) >= 11 is 3.49. The van der Waals surface area contributed by atoms with Crippen molar-refractivity contribution in [1.29, 1.82) is 0 Å². The molecule has 0 amide bonds. The van der Waals surface area contributed by atoms with Crippen LogP contribution in [0.2, 0.25) is 0 Å². The van der Waals surface area contributed by atoms with Crippen molar-refractivity contribution in [3.8, 4) is 5.75 Å². The van der Waals surface area contributed by atoms with Crippen LogP contribution in [0.1, 0.15) is 40.8 Å². The van der Waals surface area contributed by atoms with E-state index in [1.807, 2.05) is 49.4 Å². The van der Waals surface area contributed by atoms with Gasteiger partial charge in [-0.1, -0.05) is 53.2 Å². The minimum absolute atomic E-state index is 0.158. The second-order valence-corrected chi connectivity index (χ2v) is 8.79.